The number of esters is 2. The van der Waals surface area contributed by atoms with Gasteiger partial charge in [0.2, 0.25) is 0 Å². The van der Waals surface area contributed by atoms with Crippen LogP contribution < -0.4 is 0 Å². The van der Waals surface area contributed by atoms with Crippen LogP contribution in [0, 0.1) is 10.8 Å². The van der Waals surface area contributed by atoms with Crippen LogP contribution in [-0.2, 0) is 34.2 Å². The molecule has 3 atom stereocenters. The van der Waals surface area contributed by atoms with Crippen molar-refractivity contribution in [2.75, 3.05) is 13.7 Å². The van der Waals surface area contributed by atoms with Crippen molar-refractivity contribution in [2.24, 2.45) is 10.8 Å². The molecule has 190 valence electrons. The molecule has 1 aromatic carbocycles. The molecule has 1 aromatic rings. The van der Waals surface area contributed by atoms with E-state index in [1.54, 1.807) is 20.8 Å². The summed E-state index contributed by atoms with van der Waals surface area (Å²) in [4.78, 5) is 38.7. The van der Waals surface area contributed by atoms with Crippen molar-refractivity contribution in [3.05, 3.63) is 35.9 Å². The molecular formula is C25H33F3O6. The van der Waals surface area contributed by atoms with Crippen LogP contribution in [0.1, 0.15) is 65.4 Å². The molecule has 34 heavy (non-hydrogen) atoms. The second-order valence-corrected chi connectivity index (χ2v) is 9.91. The summed E-state index contributed by atoms with van der Waals surface area (Å²) in [5, 5.41) is 0. The molecule has 1 saturated carbocycles. The number of carbonyl (C=O) groups is 3. The van der Waals surface area contributed by atoms with E-state index in [4.69, 9.17) is 14.2 Å². The van der Waals surface area contributed by atoms with Crippen molar-refractivity contribution in [1.29, 1.82) is 0 Å². The van der Waals surface area contributed by atoms with Gasteiger partial charge < -0.3 is 14.2 Å². The van der Waals surface area contributed by atoms with Crippen LogP contribution in [0.25, 0.3) is 0 Å². The number of hydrogen-bond donors (Lipinski definition) is 0. The maximum atomic E-state index is 14.3. The lowest BCUT2D eigenvalue weighted by atomic mass is 9.74. The van der Waals surface area contributed by atoms with Crippen molar-refractivity contribution in [1.82, 2.24) is 0 Å². The minimum absolute atomic E-state index is 0.144. The maximum absolute atomic E-state index is 14.3. The summed E-state index contributed by atoms with van der Waals surface area (Å²) in [6.07, 6.45) is -4.30. The van der Waals surface area contributed by atoms with Gasteiger partial charge in [0.05, 0.1) is 10.8 Å². The van der Waals surface area contributed by atoms with Crippen molar-refractivity contribution in [3.8, 4) is 0 Å². The molecule has 1 aliphatic carbocycles. The molecule has 0 radical (unpaired) electrons. The lowest BCUT2D eigenvalue weighted by Gasteiger charge is -2.40. The number of benzene rings is 1. The molecule has 0 aliphatic heterocycles. The van der Waals surface area contributed by atoms with E-state index in [2.05, 4.69) is 0 Å². The van der Waals surface area contributed by atoms with Gasteiger partial charge in [0.1, 0.15) is 18.5 Å². The van der Waals surface area contributed by atoms with E-state index in [-0.39, 0.29) is 18.6 Å². The molecule has 1 aliphatic rings. The molecule has 9 heteroatoms. The molecular weight excluding hydrogens is 453 g/mol. The number of ether oxygens (including phenoxy) is 3. The number of alkyl halides is 3. The molecule has 2 rings (SSSR count). The summed E-state index contributed by atoms with van der Waals surface area (Å²) in [5.74, 6) is -2.57. The average Bonchev–Trinajstić information content (AvgIpc) is 2.75. The average molecular weight is 487 g/mol. The van der Waals surface area contributed by atoms with Gasteiger partial charge in [-0.15, -0.1) is 0 Å². The zero-order valence-corrected chi connectivity index (χ0v) is 20.3. The largest absolute Gasteiger partial charge is 0.464 e. The molecule has 0 saturated heterocycles. The van der Waals surface area contributed by atoms with E-state index in [1.807, 2.05) is 0 Å². The summed E-state index contributed by atoms with van der Waals surface area (Å²) in [7, 11) is 0.787. The third kappa shape index (κ3) is 5.62. The van der Waals surface area contributed by atoms with Gasteiger partial charge in [0.25, 0.3) is 5.60 Å². The molecule has 1 fully saturated rings. The zero-order valence-electron chi connectivity index (χ0n) is 20.3. The van der Waals surface area contributed by atoms with Gasteiger partial charge in [-0.1, -0.05) is 36.8 Å². The Labute approximate surface area is 198 Å². The van der Waals surface area contributed by atoms with Gasteiger partial charge in [-0.05, 0) is 47.0 Å². The molecule has 0 bridgehead atoms. The van der Waals surface area contributed by atoms with Crippen LogP contribution >= 0.6 is 0 Å². The van der Waals surface area contributed by atoms with Crippen molar-refractivity contribution >= 4 is 17.7 Å². The molecule has 0 unspecified atom stereocenters. The Balaban J connectivity index is 2.46. The van der Waals surface area contributed by atoms with E-state index in [9.17, 15) is 27.6 Å². The van der Waals surface area contributed by atoms with E-state index in [0.29, 0.717) is 19.3 Å². The lowest BCUT2D eigenvalue weighted by Crippen LogP contribution is -2.55. The summed E-state index contributed by atoms with van der Waals surface area (Å²) in [5.41, 5.74) is -6.16. The standard InChI is InChI=1S/C25H33F3O6/c1-22(2,3)20(30)33-16-23(4)18(29)14-10-7-11-15-19(23)34-21(31)24(32-5,25(26,27)28)17-12-8-6-9-13-17/h6,8-9,12-13,19H,7,10-11,14-16H2,1-5H3/t19-,23+,24+/m0/s1. The third-order valence-corrected chi connectivity index (χ3v) is 6.26. The molecule has 0 amide bonds. The summed E-state index contributed by atoms with van der Waals surface area (Å²) >= 11 is 0. The highest BCUT2D eigenvalue weighted by Gasteiger charge is 2.65. The molecule has 6 nitrogen and oxygen atoms in total. The topological polar surface area (TPSA) is 78.9 Å². The highest BCUT2D eigenvalue weighted by Crippen LogP contribution is 2.44. The Morgan fingerprint density at radius 3 is 2.18 bits per heavy atom. The van der Waals surface area contributed by atoms with E-state index >= 15 is 0 Å². The maximum Gasteiger partial charge on any atom is 0.432 e. The number of halogens is 3. The van der Waals surface area contributed by atoms with E-state index < -0.39 is 52.8 Å². The number of methoxy groups -OCH3 is 1. The number of Topliss-reactive ketones (excluding diaryl/α,β-unsaturated/α-hetero) is 1. The van der Waals surface area contributed by atoms with Crippen LogP contribution in [-0.4, -0.2) is 43.7 Å². The first-order chi connectivity index (χ1) is 15.7. The predicted octanol–water partition coefficient (Wildman–Crippen LogP) is 5.13. The van der Waals surface area contributed by atoms with Gasteiger partial charge in [0.15, 0.2) is 0 Å². The number of hydrogen-bond acceptors (Lipinski definition) is 6. The monoisotopic (exact) mass is 486 g/mol. The second kappa shape index (κ2) is 10.5. The number of carbonyl (C=O) groups excluding carboxylic acids is 3. The lowest BCUT2D eigenvalue weighted by molar-refractivity contribution is -0.280. The minimum atomic E-state index is -5.14. The van der Waals surface area contributed by atoms with Crippen LogP contribution in [0.3, 0.4) is 0 Å². The smallest absolute Gasteiger partial charge is 0.432 e. The van der Waals surface area contributed by atoms with Gasteiger partial charge in [-0.3, -0.25) is 9.59 Å². The van der Waals surface area contributed by atoms with Crippen LogP contribution in [0.15, 0.2) is 30.3 Å². The number of rotatable bonds is 6. The normalized spacial score (nSPS) is 23.9. The minimum Gasteiger partial charge on any atom is -0.464 e. The summed E-state index contributed by atoms with van der Waals surface area (Å²) in [6.45, 7) is 6.00. The fourth-order valence-electron chi connectivity index (χ4n) is 3.97. The highest BCUT2D eigenvalue weighted by atomic mass is 19.4. The fraction of sp³-hybridized carbons (Fsp3) is 0.640. The Hall–Kier alpha value is -2.42. The molecule has 0 N–H and O–H groups in total. The second-order valence-electron chi connectivity index (χ2n) is 9.91. The molecule has 0 spiro atoms. The van der Waals surface area contributed by atoms with Gasteiger partial charge in [0, 0.05) is 19.1 Å². The quantitative estimate of drug-likeness (QED) is 0.519. The molecule has 0 heterocycles. The fourth-order valence-corrected chi connectivity index (χ4v) is 3.97. The van der Waals surface area contributed by atoms with Crippen molar-refractivity contribution < 1.29 is 41.8 Å². The Bertz CT molecular complexity index is 877. The highest BCUT2D eigenvalue weighted by molar-refractivity contribution is 5.87. The Morgan fingerprint density at radius 2 is 1.65 bits per heavy atom. The SMILES string of the molecule is CO[C@@](C(=O)O[C@H]1CCCCCC(=O)[C@@]1(C)COC(=O)C(C)(C)C)(c1ccccc1)C(F)(F)F. The van der Waals surface area contributed by atoms with E-state index in [1.165, 1.54) is 25.1 Å². The van der Waals surface area contributed by atoms with Crippen molar-refractivity contribution in [2.45, 2.75) is 77.7 Å². The van der Waals surface area contributed by atoms with Gasteiger partial charge >= 0.3 is 18.1 Å². The van der Waals surface area contributed by atoms with Gasteiger partial charge in [-0.2, -0.15) is 13.2 Å². The first-order valence-electron chi connectivity index (χ1n) is 11.3. The van der Waals surface area contributed by atoms with Crippen LogP contribution in [0.5, 0.6) is 0 Å². The van der Waals surface area contributed by atoms with Gasteiger partial charge in [-0.25, -0.2) is 4.79 Å². The zero-order chi connectivity index (χ0) is 25.8. The molecule has 0 aromatic heterocycles. The van der Waals surface area contributed by atoms with Crippen LogP contribution in [0.4, 0.5) is 13.2 Å². The van der Waals surface area contributed by atoms with Crippen LogP contribution in [0.2, 0.25) is 0 Å². The third-order valence-electron chi connectivity index (χ3n) is 6.26. The van der Waals surface area contributed by atoms with E-state index in [0.717, 1.165) is 19.2 Å². The predicted molar refractivity (Wildman–Crippen MR) is 118 cm³/mol. The van der Waals surface area contributed by atoms with Crippen molar-refractivity contribution in [3.63, 3.8) is 0 Å². The summed E-state index contributed by atoms with van der Waals surface area (Å²) in [6, 6.07) is 6.49. The first-order valence-corrected chi connectivity index (χ1v) is 11.3. The Kier molecular flexibility index (Phi) is 8.56. The Morgan fingerprint density at radius 1 is 1.03 bits per heavy atom. The first kappa shape index (κ1) is 27.8. The summed E-state index contributed by atoms with van der Waals surface area (Å²) < 4.78 is 58.6. The number of ketones is 1.